The van der Waals surface area contributed by atoms with Crippen LogP contribution in [-0.4, -0.2) is 88.1 Å². The van der Waals surface area contributed by atoms with Crippen molar-refractivity contribution in [3.05, 3.63) is 71.8 Å². The topological polar surface area (TPSA) is 151 Å². The number of rotatable bonds is 14. The van der Waals surface area contributed by atoms with Gasteiger partial charge in [-0.05, 0) is 50.2 Å². The normalized spacial score (nSPS) is 15.5. The van der Waals surface area contributed by atoms with Gasteiger partial charge in [-0.15, -0.1) is 0 Å². The number of hydrogen-bond donors (Lipinski definition) is 6. The molecule has 238 valence electrons. The van der Waals surface area contributed by atoms with Gasteiger partial charge in [-0.3, -0.25) is 14.5 Å². The molecule has 5 atom stereocenters. The Morgan fingerprint density at radius 1 is 0.767 bits per heavy atom. The second kappa shape index (κ2) is 15.8. The monoisotopic (exact) mass is 598 g/mol. The standard InChI is InChI=1S/C33H50N4O6/c1-32(2,3)28(29(40)34-7)30(41)36-24(18-22-14-10-8-11-15-22)26(38)20-35-21-27(39)25(19-23-16-12-9-13-17-23)37(31(42)43)33(4,5)6/h8-17,24-28,35,38-39H,18-21H2,1-7H3,(H,34,40)(H,36,41)(H,42,43)/t24-,25-,26+,27+,28?/m0/s1. The zero-order valence-electron chi connectivity index (χ0n) is 26.5. The maximum Gasteiger partial charge on any atom is 0.408 e. The Bertz CT molecular complexity index is 1160. The fraction of sp³-hybridized carbons (Fsp3) is 0.545. The Morgan fingerprint density at radius 3 is 1.70 bits per heavy atom. The number of amides is 3. The Hall–Kier alpha value is -3.47. The van der Waals surface area contributed by atoms with E-state index in [1.165, 1.54) is 11.9 Å². The van der Waals surface area contributed by atoms with Crippen LogP contribution in [0, 0.1) is 11.3 Å². The number of carbonyl (C=O) groups is 3. The molecule has 0 spiro atoms. The largest absolute Gasteiger partial charge is 0.465 e. The van der Waals surface area contributed by atoms with Crippen LogP contribution < -0.4 is 16.0 Å². The van der Waals surface area contributed by atoms with Crippen LogP contribution >= 0.6 is 0 Å². The van der Waals surface area contributed by atoms with Crippen LogP contribution in [0.15, 0.2) is 60.7 Å². The molecular formula is C33H50N4O6. The maximum atomic E-state index is 13.4. The molecule has 0 aromatic heterocycles. The van der Waals surface area contributed by atoms with Crippen molar-refractivity contribution in [1.29, 1.82) is 0 Å². The zero-order valence-corrected chi connectivity index (χ0v) is 26.5. The molecule has 0 aliphatic heterocycles. The van der Waals surface area contributed by atoms with Crippen molar-refractivity contribution >= 4 is 17.9 Å². The molecule has 2 aromatic carbocycles. The lowest BCUT2D eigenvalue weighted by Crippen LogP contribution is -2.58. The minimum absolute atomic E-state index is 0.00325. The third-order valence-electron chi connectivity index (χ3n) is 7.43. The van der Waals surface area contributed by atoms with Crippen molar-refractivity contribution in [2.45, 2.75) is 84.2 Å². The summed E-state index contributed by atoms with van der Waals surface area (Å²) in [7, 11) is 1.48. The number of nitrogens with one attached hydrogen (secondary N) is 3. The van der Waals surface area contributed by atoms with Gasteiger partial charge in [0.05, 0.1) is 24.3 Å². The van der Waals surface area contributed by atoms with Gasteiger partial charge in [0.2, 0.25) is 11.8 Å². The van der Waals surface area contributed by atoms with Crippen molar-refractivity contribution in [3.8, 4) is 0 Å². The second-order valence-electron chi connectivity index (χ2n) is 13.1. The predicted octanol–water partition coefficient (Wildman–Crippen LogP) is 2.82. The Balaban J connectivity index is 2.22. The van der Waals surface area contributed by atoms with Crippen molar-refractivity contribution in [1.82, 2.24) is 20.9 Å². The molecule has 2 aromatic rings. The molecule has 0 radical (unpaired) electrons. The van der Waals surface area contributed by atoms with Crippen LogP contribution in [-0.2, 0) is 22.4 Å². The van der Waals surface area contributed by atoms with Crippen LogP contribution in [0.2, 0.25) is 0 Å². The summed E-state index contributed by atoms with van der Waals surface area (Å²) >= 11 is 0. The van der Waals surface area contributed by atoms with E-state index in [0.29, 0.717) is 12.8 Å². The van der Waals surface area contributed by atoms with Gasteiger partial charge in [0.25, 0.3) is 0 Å². The highest BCUT2D eigenvalue weighted by molar-refractivity contribution is 6.01. The number of hydrogen-bond acceptors (Lipinski definition) is 6. The summed E-state index contributed by atoms with van der Waals surface area (Å²) in [5.41, 5.74) is 0.346. The highest BCUT2D eigenvalue weighted by Gasteiger charge is 2.39. The van der Waals surface area contributed by atoms with E-state index in [4.69, 9.17) is 0 Å². The number of benzene rings is 2. The molecular weight excluding hydrogens is 548 g/mol. The van der Waals surface area contributed by atoms with Gasteiger partial charge in [0.1, 0.15) is 5.92 Å². The van der Waals surface area contributed by atoms with Crippen molar-refractivity contribution < 1.29 is 29.7 Å². The number of nitrogens with zero attached hydrogens (tertiary/aromatic N) is 1. The molecule has 10 heteroatoms. The first-order valence-corrected chi connectivity index (χ1v) is 14.7. The third kappa shape index (κ3) is 10.9. The second-order valence-corrected chi connectivity index (χ2v) is 13.1. The molecule has 43 heavy (non-hydrogen) atoms. The van der Waals surface area contributed by atoms with Crippen LogP contribution in [0.1, 0.15) is 52.7 Å². The smallest absolute Gasteiger partial charge is 0.408 e. The molecule has 0 saturated heterocycles. The fourth-order valence-electron chi connectivity index (χ4n) is 5.31. The summed E-state index contributed by atoms with van der Waals surface area (Å²) in [5, 5.41) is 41.1. The minimum Gasteiger partial charge on any atom is -0.465 e. The van der Waals surface area contributed by atoms with E-state index < -0.39 is 59.1 Å². The van der Waals surface area contributed by atoms with E-state index >= 15 is 0 Å². The minimum atomic E-state index is -1.14. The highest BCUT2D eigenvalue weighted by Crippen LogP contribution is 2.27. The summed E-state index contributed by atoms with van der Waals surface area (Å²) in [6.07, 6.45) is -2.69. The average molecular weight is 599 g/mol. The zero-order chi connectivity index (χ0) is 32.4. The van der Waals surface area contributed by atoms with E-state index in [1.807, 2.05) is 81.4 Å². The molecule has 0 saturated carbocycles. The van der Waals surface area contributed by atoms with Gasteiger partial charge in [-0.2, -0.15) is 0 Å². The van der Waals surface area contributed by atoms with Crippen LogP contribution in [0.4, 0.5) is 4.79 Å². The van der Waals surface area contributed by atoms with Crippen LogP contribution in [0.25, 0.3) is 0 Å². The summed E-state index contributed by atoms with van der Waals surface area (Å²) in [6.45, 7) is 10.8. The van der Waals surface area contributed by atoms with E-state index in [9.17, 15) is 29.7 Å². The van der Waals surface area contributed by atoms with E-state index in [2.05, 4.69) is 16.0 Å². The van der Waals surface area contributed by atoms with Crippen molar-refractivity contribution in [2.75, 3.05) is 20.1 Å². The number of aliphatic hydroxyl groups is 2. The molecule has 0 heterocycles. The quantitative estimate of drug-likeness (QED) is 0.183. The summed E-state index contributed by atoms with van der Waals surface area (Å²) in [6, 6.07) is 17.3. The van der Waals surface area contributed by atoms with Crippen LogP contribution in [0.3, 0.4) is 0 Å². The Labute approximate surface area is 255 Å². The van der Waals surface area contributed by atoms with Gasteiger partial charge in [0, 0.05) is 25.7 Å². The molecule has 0 aliphatic carbocycles. The summed E-state index contributed by atoms with van der Waals surface area (Å²) in [5.74, 6) is -1.88. The number of carbonyl (C=O) groups excluding carboxylic acids is 2. The van der Waals surface area contributed by atoms with Gasteiger partial charge in [-0.25, -0.2) is 4.79 Å². The Kier molecular flexibility index (Phi) is 13.2. The molecule has 0 fully saturated rings. The first-order chi connectivity index (χ1) is 20.1. The average Bonchev–Trinajstić information content (AvgIpc) is 2.91. The van der Waals surface area contributed by atoms with E-state index in [1.54, 1.807) is 20.8 Å². The lowest BCUT2D eigenvalue weighted by atomic mass is 9.79. The first-order valence-electron chi connectivity index (χ1n) is 14.7. The number of aliphatic hydroxyl groups excluding tert-OH is 2. The van der Waals surface area contributed by atoms with Gasteiger partial charge in [-0.1, -0.05) is 81.4 Å². The number of carboxylic acid groups (broad SMARTS) is 1. The Morgan fingerprint density at radius 2 is 1.26 bits per heavy atom. The van der Waals surface area contributed by atoms with Crippen LogP contribution in [0.5, 0.6) is 0 Å². The van der Waals surface area contributed by atoms with Gasteiger partial charge >= 0.3 is 6.09 Å². The van der Waals surface area contributed by atoms with Crippen molar-refractivity contribution in [3.63, 3.8) is 0 Å². The maximum absolute atomic E-state index is 13.4. The summed E-state index contributed by atoms with van der Waals surface area (Å²) in [4.78, 5) is 39.6. The molecule has 2 rings (SSSR count). The molecule has 3 amide bonds. The lowest BCUT2D eigenvalue weighted by molar-refractivity contribution is -0.140. The highest BCUT2D eigenvalue weighted by atomic mass is 16.4. The SMILES string of the molecule is CNC(=O)C(C(=O)N[C@@H](Cc1ccccc1)[C@H](O)CNC[C@@H](O)[C@H](Cc1ccccc1)N(C(=O)O)C(C)(C)C)C(C)(C)C. The first kappa shape index (κ1) is 35.7. The molecule has 6 N–H and O–H groups in total. The third-order valence-corrected chi connectivity index (χ3v) is 7.43. The molecule has 1 unspecified atom stereocenters. The molecule has 10 nitrogen and oxygen atoms in total. The van der Waals surface area contributed by atoms with Gasteiger partial charge < -0.3 is 31.3 Å². The molecule has 0 bridgehead atoms. The lowest BCUT2D eigenvalue weighted by Gasteiger charge is -2.42. The summed E-state index contributed by atoms with van der Waals surface area (Å²) < 4.78 is 0. The molecule has 0 aliphatic rings. The predicted molar refractivity (Wildman–Crippen MR) is 168 cm³/mol. The van der Waals surface area contributed by atoms with E-state index in [-0.39, 0.29) is 13.1 Å². The van der Waals surface area contributed by atoms with Gasteiger partial charge in [0.15, 0.2) is 0 Å². The fourth-order valence-corrected chi connectivity index (χ4v) is 5.31. The van der Waals surface area contributed by atoms with Crippen molar-refractivity contribution in [2.24, 2.45) is 11.3 Å². The van der Waals surface area contributed by atoms with E-state index in [0.717, 1.165) is 11.1 Å².